The lowest BCUT2D eigenvalue weighted by molar-refractivity contribution is 0.101. The Morgan fingerprint density at radius 1 is 1.58 bits per heavy atom. The molecular formula is C9H11NO2. The van der Waals surface area contributed by atoms with Crippen molar-refractivity contribution < 1.29 is 9.90 Å². The zero-order chi connectivity index (χ0) is 8.97. The molecule has 0 fully saturated rings. The van der Waals surface area contributed by atoms with Crippen LogP contribution in [0.15, 0.2) is 18.3 Å². The summed E-state index contributed by atoms with van der Waals surface area (Å²) in [5, 5.41) is 8.59. The third-order valence-corrected chi connectivity index (χ3v) is 1.60. The van der Waals surface area contributed by atoms with Crippen molar-refractivity contribution in [3.05, 3.63) is 29.6 Å². The number of hydrogen-bond acceptors (Lipinski definition) is 3. The summed E-state index contributed by atoms with van der Waals surface area (Å²) in [5.74, 6) is 0.0121. The van der Waals surface area contributed by atoms with Crippen molar-refractivity contribution >= 4 is 5.78 Å². The standard InChI is InChI=1S/C9H11NO2/c1-7(12)8-2-3-9(4-5-11)10-6-8/h2-3,6,11H,4-5H2,1H3. The van der Waals surface area contributed by atoms with Gasteiger partial charge in [0.1, 0.15) is 0 Å². The Balaban J connectivity index is 2.78. The van der Waals surface area contributed by atoms with Gasteiger partial charge in [0.25, 0.3) is 0 Å². The zero-order valence-corrected chi connectivity index (χ0v) is 6.95. The fourth-order valence-corrected chi connectivity index (χ4v) is 0.895. The van der Waals surface area contributed by atoms with E-state index in [1.807, 2.05) is 0 Å². The molecule has 1 rings (SSSR count). The lowest BCUT2D eigenvalue weighted by atomic mass is 10.2. The number of aliphatic hydroxyl groups excluding tert-OH is 1. The molecule has 12 heavy (non-hydrogen) atoms. The highest BCUT2D eigenvalue weighted by Crippen LogP contribution is 2.01. The van der Waals surface area contributed by atoms with Gasteiger partial charge in [0.05, 0.1) is 0 Å². The summed E-state index contributed by atoms with van der Waals surface area (Å²) >= 11 is 0. The third kappa shape index (κ3) is 2.13. The molecule has 0 aliphatic rings. The van der Waals surface area contributed by atoms with Gasteiger partial charge in [-0.15, -0.1) is 0 Å². The largest absolute Gasteiger partial charge is 0.396 e. The molecule has 0 aromatic carbocycles. The number of Topliss-reactive ketones (excluding diaryl/α,β-unsaturated/α-hetero) is 1. The van der Waals surface area contributed by atoms with Crippen LogP contribution in [0.3, 0.4) is 0 Å². The van der Waals surface area contributed by atoms with Crippen LogP contribution in [0.2, 0.25) is 0 Å². The Bertz CT molecular complexity index is 266. The average Bonchev–Trinajstić information content (AvgIpc) is 2.06. The average molecular weight is 165 g/mol. The van der Waals surface area contributed by atoms with E-state index in [1.165, 1.54) is 13.1 Å². The molecule has 1 aromatic heterocycles. The van der Waals surface area contributed by atoms with Gasteiger partial charge >= 0.3 is 0 Å². The van der Waals surface area contributed by atoms with Gasteiger partial charge in [0, 0.05) is 30.5 Å². The molecule has 0 radical (unpaired) electrons. The highest BCUT2D eigenvalue weighted by Gasteiger charge is 1.98. The smallest absolute Gasteiger partial charge is 0.161 e. The number of pyridine rings is 1. The maximum atomic E-state index is 10.8. The quantitative estimate of drug-likeness (QED) is 0.674. The second-order valence-electron chi connectivity index (χ2n) is 2.57. The lowest BCUT2D eigenvalue weighted by Gasteiger charge is -1.97. The van der Waals surface area contributed by atoms with Crippen LogP contribution in [0.4, 0.5) is 0 Å². The molecule has 0 amide bonds. The first kappa shape index (κ1) is 8.87. The molecule has 0 aliphatic carbocycles. The van der Waals surface area contributed by atoms with E-state index in [4.69, 9.17) is 5.11 Å². The summed E-state index contributed by atoms with van der Waals surface area (Å²) in [6.07, 6.45) is 2.07. The first-order chi connectivity index (χ1) is 5.74. The fraction of sp³-hybridized carbons (Fsp3) is 0.333. The highest BCUT2D eigenvalue weighted by atomic mass is 16.3. The number of rotatable bonds is 3. The molecular weight excluding hydrogens is 154 g/mol. The predicted octanol–water partition coefficient (Wildman–Crippen LogP) is 0.819. The molecule has 0 saturated heterocycles. The molecule has 0 unspecified atom stereocenters. The van der Waals surface area contributed by atoms with E-state index in [-0.39, 0.29) is 12.4 Å². The van der Waals surface area contributed by atoms with Crippen molar-refractivity contribution in [2.24, 2.45) is 0 Å². The lowest BCUT2D eigenvalue weighted by Crippen LogP contribution is -1.97. The topological polar surface area (TPSA) is 50.2 Å². The fourth-order valence-electron chi connectivity index (χ4n) is 0.895. The molecule has 1 heterocycles. The van der Waals surface area contributed by atoms with Gasteiger partial charge in [-0.1, -0.05) is 0 Å². The molecule has 3 heteroatoms. The third-order valence-electron chi connectivity index (χ3n) is 1.60. The van der Waals surface area contributed by atoms with Crippen LogP contribution in [-0.4, -0.2) is 22.5 Å². The van der Waals surface area contributed by atoms with E-state index in [9.17, 15) is 4.79 Å². The summed E-state index contributed by atoms with van der Waals surface area (Å²) in [4.78, 5) is 14.8. The Labute approximate surface area is 71.1 Å². The van der Waals surface area contributed by atoms with Crippen LogP contribution in [0.5, 0.6) is 0 Å². The molecule has 1 aromatic rings. The molecule has 0 aliphatic heterocycles. The molecule has 1 N–H and O–H groups in total. The maximum Gasteiger partial charge on any atom is 0.161 e. The SMILES string of the molecule is CC(=O)c1ccc(CCO)nc1. The van der Waals surface area contributed by atoms with Gasteiger partial charge in [-0.2, -0.15) is 0 Å². The van der Waals surface area contributed by atoms with Crippen LogP contribution < -0.4 is 0 Å². The number of aliphatic hydroxyl groups is 1. The molecule has 0 bridgehead atoms. The normalized spacial score (nSPS) is 9.83. The first-order valence-corrected chi connectivity index (χ1v) is 3.81. The number of nitrogens with zero attached hydrogens (tertiary/aromatic N) is 1. The van der Waals surface area contributed by atoms with Gasteiger partial charge in [-0.25, -0.2) is 0 Å². The summed E-state index contributed by atoms with van der Waals surface area (Å²) < 4.78 is 0. The molecule has 64 valence electrons. The first-order valence-electron chi connectivity index (χ1n) is 3.81. The van der Waals surface area contributed by atoms with Crippen molar-refractivity contribution in [1.82, 2.24) is 4.98 Å². The summed E-state index contributed by atoms with van der Waals surface area (Å²) in [6, 6.07) is 3.48. The minimum absolute atomic E-state index is 0.0121. The van der Waals surface area contributed by atoms with E-state index >= 15 is 0 Å². The van der Waals surface area contributed by atoms with Crippen LogP contribution in [0.1, 0.15) is 23.0 Å². The van der Waals surface area contributed by atoms with E-state index in [1.54, 1.807) is 12.1 Å². The van der Waals surface area contributed by atoms with Crippen molar-refractivity contribution in [3.63, 3.8) is 0 Å². The minimum Gasteiger partial charge on any atom is -0.396 e. The highest BCUT2D eigenvalue weighted by molar-refractivity contribution is 5.93. The predicted molar refractivity (Wildman–Crippen MR) is 45.0 cm³/mol. The number of carbonyl (C=O) groups is 1. The van der Waals surface area contributed by atoms with E-state index in [0.717, 1.165) is 5.69 Å². The molecule has 0 saturated carbocycles. The summed E-state index contributed by atoms with van der Waals surface area (Å²) in [5.41, 5.74) is 1.42. The van der Waals surface area contributed by atoms with Crippen molar-refractivity contribution in [2.45, 2.75) is 13.3 Å². The van der Waals surface area contributed by atoms with Crippen LogP contribution >= 0.6 is 0 Å². The Kier molecular flexibility index (Phi) is 2.94. The van der Waals surface area contributed by atoms with Crippen LogP contribution in [0.25, 0.3) is 0 Å². The van der Waals surface area contributed by atoms with E-state index < -0.39 is 0 Å². The molecule has 0 spiro atoms. The second kappa shape index (κ2) is 3.97. The van der Waals surface area contributed by atoms with E-state index in [0.29, 0.717) is 12.0 Å². The Morgan fingerprint density at radius 2 is 2.33 bits per heavy atom. The monoisotopic (exact) mass is 165 g/mol. The molecule has 3 nitrogen and oxygen atoms in total. The summed E-state index contributed by atoms with van der Waals surface area (Å²) in [7, 11) is 0. The zero-order valence-electron chi connectivity index (χ0n) is 6.95. The summed E-state index contributed by atoms with van der Waals surface area (Å²) in [6.45, 7) is 1.59. The van der Waals surface area contributed by atoms with Gasteiger partial charge in [0.2, 0.25) is 0 Å². The second-order valence-corrected chi connectivity index (χ2v) is 2.57. The van der Waals surface area contributed by atoms with Gasteiger partial charge in [-0.3, -0.25) is 9.78 Å². The van der Waals surface area contributed by atoms with Crippen molar-refractivity contribution in [1.29, 1.82) is 0 Å². The van der Waals surface area contributed by atoms with Crippen LogP contribution in [-0.2, 0) is 6.42 Å². The number of ketones is 1. The van der Waals surface area contributed by atoms with Crippen molar-refractivity contribution in [3.8, 4) is 0 Å². The van der Waals surface area contributed by atoms with Crippen molar-refractivity contribution in [2.75, 3.05) is 6.61 Å². The number of carbonyl (C=O) groups excluding carboxylic acids is 1. The number of hydrogen-bond donors (Lipinski definition) is 1. The van der Waals surface area contributed by atoms with E-state index in [2.05, 4.69) is 4.98 Å². The van der Waals surface area contributed by atoms with Gasteiger partial charge in [-0.05, 0) is 19.1 Å². The molecule has 0 atom stereocenters. The minimum atomic E-state index is 0.0121. The van der Waals surface area contributed by atoms with Crippen LogP contribution in [0, 0.1) is 0 Å². The Morgan fingerprint density at radius 3 is 2.75 bits per heavy atom. The Hall–Kier alpha value is -1.22. The van der Waals surface area contributed by atoms with Gasteiger partial charge < -0.3 is 5.11 Å². The van der Waals surface area contributed by atoms with Gasteiger partial charge in [0.15, 0.2) is 5.78 Å². The maximum absolute atomic E-state index is 10.8. The number of aromatic nitrogens is 1.